The molecular weight excluding hydrogens is 273 g/mol. The number of nitrogens with zero attached hydrogens (tertiary/aromatic N) is 1. The highest BCUT2D eigenvalue weighted by atomic mass is 19.2. The lowest BCUT2D eigenvalue weighted by molar-refractivity contribution is -0.311. The summed E-state index contributed by atoms with van der Waals surface area (Å²) in [7, 11) is 0. The second-order valence-corrected chi connectivity index (χ2v) is 3.60. The summed E-state index contributed by atoms with van der Waals surface area (Å²) in [6.45, 7) is 1.04. The van der Waals surface area contributed by atoms with Crippen LogP contribution in [-0.4, -0.2) is 5.97 Å². The highest BCUT2D eigenvalue weighted by molar-refractivity contribution is 5.83. The van der Waals surface area contributed by atoms with Crippen molar-refractivity contribution in [3.63, 3.8) is 0 Å². The zero-order valence-corrected chi connectivity index (χ0v) is 9.36. The van der Waals surface area contributed by atoms with E-state index >= 15 is 0 Å². The fourth-order valence-electron chi connectivity index (χ4n) is 1.58. The first-order valence-corrected chi connectivity index (χ1v) is 4.89. The van der Waals surface area contributed by atoms with Crippen molar-refractivity contribution < 1.29 is 31.9 Å². The molecule has 3 nitrogen and oxygen atoms in total. The van der Waals surface area contributed by atoms with E-state index in [2.05, 4.69) is 0 Å². The van der Waals surface area contributed by atoms with Crippen molar-refractivity contribution >= 4 is 5.97 Å². The minimum atomic E-state index is -2.95. The van der Waals surface area contributed by atoms with Gasteiger partial charge in [-0.25, -0.2) is 22.0 Å². The molecule has 0 saturated carbocycles. The molecule has 0 aliphatic rings. The topological polar surface area (TPSA) is 63.9 Å². The average molecular weight is 278 g/mol. The zero-order chi connectivity index (χ0) is 15.0. The molecule has 1 unspecified atom stereocenters. The number of carbonyl (C=O) groups is 1. The van der Waals surface area contributed by atoms with Crippen LogP contribution in [-0.2, 0) is 10.2 Å². The number of carbonyl (C=O) groups excluding carboxylic acids is 1. The SMILES string of the molecule is CCC(C#N)(C(=O)[O-])c1c(F)c(F)c(F)c(F)c1F. The molecular formula is C11H5F5NO2-. The van der Waals surface area contributed by atoms with Crippen LogP contribution in [0.2, 0.25) is 0 Å². The summed E-state index contributed by atoms with van der Waals surface area (Å²) in [4.78, 5) is 10.9. The van der Waals surface area contributed by atoms with Crippen LogP contribution < -0.4 is 5.11 Å². The Labute approximate surface area is 103 Å². The third-order valence-electron chi connectivity index (χ3n) is 2.71. The summed E-state index contributed by atoms with van der Waals surface area (Å²) < 4.78 is 65.7. The minimum absolute atomic E-state index is 0.732. The second kappa shape index (κ2) is 4.84. The fraction of sp³-hybridized carbons (Fsp3) is 0.273. The maximum absolute atomic E-state index is 13.5. The molecule has 0 N–H and O–H groups in total. The number of aliphatic carboxylic acids is 1. The summed E-state index contributed by atoms with van der Waals surface area (Å²) in [6.07, 6.45) is -0.732. The molecule has 0 heterocycles. The summed E-state index contributed by atoms with van der Waals surface area (Å²) in [5, 5.41) is 19.6. The van der Waals surface area contributed by atoms with Gasteiger partial charge in [0.2, 0.25) is 5.82 Å². The molecule has 0 spiro atoms. The van der Waals surface area contributed by atoms with E-state index in [1.807, 2.05) is 0 Å². The highest BCUT2D eigenvalue weighted by Gasteiger charge is 2.42. The molecule has 0 bridgehead atoms. The second-order valence-electron chi connectivity index (χ2n) is 3.60. The molecule has 1 aromatic carbocycles. The summed E-state index contributed by atoms with van der Waals surface area (Å²) >= 11 is 0. The molecule has 0 radical (unpaired) electrons. The number of carboxylic acids is 1. The molecule has 0 aliphatic heterocycles. The molecule has 1 aromatic rings. The van der Waals surface area contributed by atoms with E-state index in [-0.39, 0.29) is 0 Å². The molecule has 0 amide bonds. The fourth-order valence-corrected chi connectivity index (χ4v) is 1.58. The maximum atomic E-state index is 13.5. The standard InChI is InChI=1S/C11H6F5NO2/c1-2-11(3-17,10(18)19)4-5(12)7(14)9(16)8(15)6(4)13/h2H2,1H3,(H,18,19)/p-1. The number of halogens is 5. The van der Waals surface area contributed by atoms with Gasteiger partial charge in [0.15, 0.2) is 23.3 Å². The molecule has 1 rings (SSSR count). The van der Waals surface area contributed by atoms with Gasteiger partial charge in [-0.1, -0.05) is 6.92 Å². The highest BCUT2D eigenvalue weighted by Crippen LogP contribution is 2.34. The Balaban J connectivity index is 3.88. The average Bonchev–Trinajstić information content (AvgIpc) is 2.39. The van der Waals surface area contributed by atoms with Crippen LogP contribution in [0.1, 0.15) is 18.9 Å². The van der Waals surface area contributed by atoms with E-state index in [0.29, 0.717) is 0 Å². The van der Waals surface area contributed by atoms with Crippen molar-refractivity contribution in [3.8, 4) is 6.07 Å². The van der Waals surface area contributed by atoms with Crippen molar-refractivity contribution in [1.29, 1.82) is 5.26 Å². The number of carboxylic acid groups (broad SMARTS) is 1. The predicted octanol–water partition coefficient (Wildman–Crippen LogP) is 1.30. The minimum Gasteiger partial charge on any atom is -0.548 e. The maximum Gasteiger partial charge on any atom is 0.200 e. The Morgan fingerprint density at radius 3 is 1.74 bits per heavy atom. The van der Waals surface area contributed by atoms with Crippen LogP contribution in [0.5, 0.6) is 0 Å². The van der Waals surface area contributed by atoms with Crippen molar-refractivity contribution in [2.45, 2.75) is 18.8 Å². The Kier molecular flexibility index (Phi) is 3.79. The van der Waals surface area contributed by atoms with Gasteiger partial charge in [0.05, 0.1) is 17.6 Å². The molecule has 0 saturated heterocycles. The molecule has 0 aliphatic carbocycles. The number of nitriles is 1. The van der Waals surface area contributed by atoms with Gasteiger partial charge in [-0.3, -0.25) is 0 Å². The Morgan fingerprint density at radius 1 is 1.11 bits per heavy atom. The van der Waals surface area contributed by atoms with Crippen LogP contribution in [0, 0.1) is 40.4 Å². The normalized spacial score (nSPS) is 13.7. The van der Waals surface area contributed by atoms with Crippen LogP contribution in [0.15, 0.2) is 0 Å². The first kappa shape index (κ1) is 14.9. The van der Waals surface area contributed by atoms with Crippen LogP contribution in [0.25, 0.3) is 0 Å². The van der Waals surface area contributed by atoms with Gasteiger partial charge in [0.1, 0.15) is 5.41 Å². The smallest absolute Gasteiger partial charge is 0.200 e. The van der Waals surface area contributed by atoms with Crippen LogP contribution in [0.4, 0.5) is 22.0 Å². The van der Waals surface area contributed by atoms with Crippen molar-refractivity contribution in [1.82, 2.24) is 0 Å². The van der Waals surface area contributed by atoms with Crippen molar-refractivity contribution in [2.24, 2.45) is 0 Å². The van der Waals surface area contributed by atoms with Gasteiger partial charge in [0, 0.05) is 0 Å². The quantitative estimate of drug-likeness (QED) is 0.475. The summed E-state index contributed by atoms with van der Waals surface area (Å²) in [5.74, 6) is -14.0. The van der Waals surface area contributed by atoms with Gasteiger partial charge >= 0.3 is 0 Å². The zero-order valence-electron chi connectivity index (χ0n) is 9.36. The number of hydrogen-bond acceptors (Lipinski definition) is 3. The van der Waals surface area contributed by atoms with E-state index in [1.165, 1.54) is 0 Å². The largest absolute Gasteiger partial charge is 0.548 e. The number of benzene rings is 1. The predicted molar refractivity (Wildman–Crippen MR) is 48.8 cm³/mol. The van der Waals surface area contributed by atoms with Crippen LogP contribution >= 0.6 is 0 Å². The lowest BCUT2D eigenvalue weighted by Crippen LogP contribution is -2.46. The third-order valence-corrected chi connectivity index (χ3v) is 2.71. The molecule has 102 valence electrons. The van der Waals surface area contributed by atoms with E-state index < -0.39 is 52.5 Å². The first-order valence-electron chi connectivity index (χ1n) is 4.89. The summed E-state index contributed by atoms with van der Waals surface area (Å²) in [6, 6.07) is 1.04. The van der Waals surface area contributed by atoms with Crippen molar-refractivity contribution in [2.75, 3.05) is 0 Å². The third kappa shape index (κ3) is 1.91. The van der Waals surface area contributed by atoms with E-state index in [0.717, 1.165) is 13.0 Å². The van der Waals surface area contributed by atoms with E-state index in [4.69, 9.17) is 5.26 Å². The van der Waals surface area contributed by atoms with Gasteiger partial charge < -0.3 is 9.90 Å². The Morgan fingerprint density at radius 2 is 1.47 bits per heavy atom. The Bertz CT molecular complexity index is 567. The van der Waals surface area contributed by atoms with Crippen molar-refractivity contribution in [3.05, 3.63) is 34.6 Å². The lowest BCUT2D eigenvalue weighted by Gasteiger charge is -2.27. The molecule has 8 heteroatoms. The van der Waals surface area contributed by atoms with Gasteiger partial charge in [-0.2, -0.15) is 5.26 Å². The molecule has 1 atom stereocenters. The van der Waals surface area contributed by atoms with Gasteiger partial charge in [-0.15, -0.1) is 0 Å². The monoisotopic (exact) mass is 278 g/mol. The van der Waals surface area contributed by atoms with Gasteiger partial charge in [0.25, 0.3) is 0 Å². The molecule has 0 fully saturated rings. The van der Waals surface area contributed by atoms with Gasteiger partial charge in [-0.05, 0) is 6.42 Å². The first-order chi connectivity index (χ1) is 8.74. The molecule has 0 aromatic heterocycles. The number of hydrogen-bond donors (Lipinski definition) is 0. The number of rotatable bonds is 3. The summed E-state index contributed by atoms with van der Waals surface area (Å²) in [5.41, 5.74) is -4.67. The van der Waals surface area contributed by atoms with E-state index in [1.54, 1.807) is 0 Å². The van der Waals surface area contributed by atoms with E-state index in [9.17, 15) is 31.9 Å². The Hall–Kier alpha value is -2.17. The molecule has 19 heavy (non-hydrogen) atoms. The lowest BCUT2D eigenvalue weighted by atomic mass is 9.78. The van der Waals surface area contributed by atoms with Crippen LogP contribution in [0.3, 0.4) is 0 Å².